The van der Waals surface area contributed by atoms with Gasteiger partial charge in [-0.05, 0) is 48.5 Å². The van der Waals surface area contributed by atoms with Gasteiger partial charge in [-0.25, -0.2) is 4.98 Å². The Morgan fingerprint density at radius 3 is 2.33 bits per heavy atom. The minimum absolute atomic E-state index is 0.100. The lowest BCUT2D eigenvalue weighted by atomic mass is 10.1. The third-order valence-electron chi connectivity index (χ3n) is 4.38. The first-order valence-corrected chi connectivity index (χ1v) is 8.94. The van der Waals surface area contributed by atoms with Crippen LogP contribution >= 0.6 is 0 Å². The number of nitrogens with one attached hydrogen (secondary N) is 1. The van der Waals surface area contributed by atoms with Gasteiger partial charge in [-0.15, -0.1) is 0 Å². The van der Waals surface area contributed by atoms with Gasteiger partial charge >= 0.3 is 6.18 Å². The Kier molecular flexibility index (Phi) is 6.20. The van der Waals surface area contributed by atoms with Crippen molar-refractivity contribution in [3.05, 3.63) is 82.4 Å². The van der Waals surface area contributed by atoms with E-state index in [1.54, 1.807) is 31.4 Å². The van der Waals surface area contributed by atoms with Gasteiger partial charge in [-0.3, -0.25) is 14.2 Å². The maximum absolute atomic E-state index is 12.6. The third kappa shape index (κ3) is 5.05. The number of amides is 1. The van der Waals surface area contributed by atoms with Crippen LogP contribution in [0.3, 0.4) is 0 Å². The fourth-order valence-electron chi connectivity index (χ4n) is 2.72. The number of halogens is 3. The minimum atomic E-state index is -4.46. The fourth-order valence-corrected chi connectivity index (χ4v) is 2.72. The molecule has 1 aromatic heterocycles. The second kappa shape index (κ2) is 8.81. The fraction of sp³-hybridized carbons (Fsp3) is 0.190. The Balaban J connectivity index is 1.59. The highest BCUT2D eigenvalue weighted by Gasteiger charge is 2.30. The molecule has 6 nitrogen and oxygen atoms in total. The average molecular weight is 417 g/mol. The highest BCUT2D eigenvalue weighted by molar-refractivity contribution is 5.94. The van der Waals surface area contributed by atoms with Crippen LogP contribution in [0.25, 0.3) is 11.3 Å². The van der Waals surface area contributed by atoms with Crippen LogP contribution in [-0.2, 0) is 12.7 Å². The van der Waals surface area contributed by atoms with Gasteiger partial charge in [0.15, 0.2) is 0 Å². The molecule has 0 spiro atoms. The van der Waals surface area contributed by atoms with Crippen molar-refractivity contribution in [2.45, 2.75) is 12.7 Å². The van der Waals surface area contributed by atoms with Crippen molar-refractivity contribution < 1.29 is 22.7 Å². The molecule has 156 valence electrons. The Bertz CT molecular complexity index is 1080. The lowest BCUT2D eigenvalue weighted by molar-refractivity contribution is -0.137. The lowest BCUT2D eigenvalue weighted by Gasteiger charge is -2.10. The number of hydrogen-bond acceptors (Lipinski definition) is 4. The zero-order valence-electron chi connectivity index (χ0n) is 15.9. The molecule has 0 aliphatic carbocycles. The normalized spacial score (nSPS) is 11.2. The molecule has 0 radical (unpaired) electrons. The second-order valence-corrected chi connectivity index (χ2v) is 6.37. The smallest absolute Gasteiger partial charge is 0.416 e. The molecule has 0 aliphatic rings. The van der Waals surface area contributed by atoms with Gasteiger partial charge in [-0.2, -0.15) is 13.2 Å². The molecule has 0 atom stereocenters. The van der Waals surface area contributed by atoms with Gasteiger partial charge in [0.25, 0.3) is 11.5 Å². The molecule has 3 rings (SSSR count). The van der Waals surface area contributed by atoms with E-state index in [0.717, 1.165) is 29.8 Å². The van der Waals surface area contributed by atoms with Crippen molar-refractivity contribution in [3.63, 3.8) is 0 Å². The van der Waals surface area contributed by atoms with Crippen molar-refractivity contribution in [2.75, 3.05) is 13.7 Å². The lowest BCUT2D eigenvalue weighted by Crippen LogP contribution is -2.30. The third-order valence-corrected chi connectivity index (χ3v) is 4.38. The maximum Gasteiger partial charge on any atom is 0.416 e. The van der Waals surface area contributed by atoms with Gasteiger partial charge in [0.05, 0.1) is 24.7 Å². The van der Waals surface area contributed by atoms with Crippen LogP contribution in [0.1, 0.15) is 15.9 Å². The predicted molar refractivity (Wildman–Crippen MR) is 104 cm³/mol. The zero-order valence-corrected chi connectivity index (χ0v) is 15.9. The summed E-state index contributed by atoms with van der Waals surface area (Å²) >= 11 is 0. The van der Waals surface area contributed by atoms with E-state index in [2.05, 4.69) is 10.3 Å². The summed E-state index contributed by atoms with van der Waals surface area (Å²) in [5.41, 5.74) is 0.250. The van der Waals surface area contributed by atoms with E-state index in [0.29, 0.717) is 11.4 Å². The van der Waals surface area contributed by atoms with Gasteiger partial charge < -0.3 is 10.1 Å². The van der Waals surface area contributed by atoms with Crippen LogP contribution in [0.15, 0.2) is 65.7 Å². The van der Waals surface area contributed by atoms with Crippen molar-refractivity contribution in [3.8, 4) is 17.0 Å². The minimum Gasteiger partial charge on any atom is -0.497 e. The molecule has 0 aliphatic heterocycles. The predicted octanol–water partition coefficient (Wildman–Crippen LogP) is 3.37. The summed E-state index contributed by atoms with van der Waals surface area (Å²) in [7, 11) is 1.56. The Hall–Kier alpha value is -3.62. The topological polar surface area (TPSA) is 73.2 Å². The summed E-state index contributed by atoms with van der Waals surface area (Å²) < 4.78 is 44.2. The number of rotatable bonds is 6. The summed E-state index contributed by atoms with van der Waals surface area (Å²) in [5.74, 6) is 0.162. The summed E-state index contributed by atoms with van der Waals surface area (Å²) in [5, 5.41) is 2.57. The largest absolute Gasteiger partial charge is 0.497 e. The molecule has 3 aromatic rings. The molecule has 0 saturated heterocycles. The maximum atomic E-state index is 12.6. The second-order valence-electron chi connectivity index (χ2n) is 6.37. The van der Waals surface area contributed by atoms with Crippen LogP contribution in [-0.4, -0.2) is 29.1 Å². The molecule has 0 saturated carbocycles. The highest BCUT2D eigenvalue weighted by Crippen LogP contribution is 2.29. The molecule has 30 heavy (non-hydrogen) atoms. The number of nitrogens with zero attached hydrogens (tertiary/aromatic N) is 2. The first kappa shape index (κ1) is 21.1. The number of hydrogen-bond donors (Lipinski definition) is 1. The van der Waals surface area contributed by atoms with Gasteiger partial charge in [0.1, 0.15) is 5.75 Å². The molecule has 1 amide bonds. The van der Waals surface area contributed by atoms with E-state index in [1.807, 2.05) is 0 Å². The standard InChI is InChI=1S/C21H18F3N3O3/c1-30-17-8-4-14(5-9-17)18-12-19(28)27(13-26-18)11-10-25-20(29)15-2-6-16(7-3-15)21(22,23)24/h2-9,12-13H,10-11H2,1H3,(H,25,29). The summed E-state index contributed by atoms with van der Waals surface area (Å²) in [6, 6.07) is 12.4. The van der Waals surface area contributed by atoms with E-state index in [1.165, 1.54) is 17.0 Å². The van der Waals surface area contributed by atoms with Crippen molar-refractivity contribution in [1.29, 1.82) is 0 Å². The summed E-state index contributed by atoms with van der Waals surface area (Å²) in [4.78, 5) is 28.6. The van der Waals surface area contributed by atoms with Crippen LogP contribution in [0, 0.1) is 0 Å². The number of methoxy groups -OCH3 is 1. The SMILES string of the molecule is COc1ccc(-c2cc(=O)n(CCNC(=O)c3ccc(C(F)(F)F)cc3)cn2)cc1. The number of alkyl halides is 3. The molecule has 1 heterocycles. The highest BCUT2D eigenvalue weighted by atomic mass is 19.4. The van der Waals surface area contributed by atoms with E-state index in [4.69, 9.17) is 4.74 Å². The number of ether oxygens (including phenoxy) is 1. The molecule has 2 aromatic carbocycles. The van der Waals surface area contributed by atoms with E-state index in [-0.39, 0.29) is 24.2 Å². The first-order valence-electron chi connectivity index (χ1n) is 8.94. The molecule has 0 bridgehead atoms. The molecule has 9 heteroatoms. The molecular formula is C21H18F3N3O3. The van der Waals surface area contributed by atoms with Gasteiger partial charge in [0.2, 0.25) is 0 Å². The monoisotopic (exact) mass is 417 g/mol. The van der Waals surface area contributed by atoms with Crippen molar-refractivity contribution in [2.24, 2.45) is 0 Å². The van der Waals surface area contributed by atoms with Crippen LogP contribution in [0.2, 0.25) is 0 Å². The van der Waals surface area contributed by atoms with Gasteiger partial charge in [-0.1, -0.05) is 0 Å². The number of carbonyl (C=O) groups excluding carboxylic acids is 1. The quantitative estimate of drug-likeness (QED) is 0.668. The zero-order chi connectivity index (χ0) is 21.7. The summed E-state index contributed by atoms with van der Waals surface area (Å²) in [6.07, 6.45) is -3.08. The number of aromatic nitrogens is 2. The van der Waals surface area contributed by atoms with Crippen LogP contribution < -0.4 is 15.6 Å². The molecule has 0 fully saturated rings. The summed E-state index contributed by atoms with van der Waals surface area (Å²) in [6.45, 7) is 0.282. The Morgan fingerprint density at radius 1 is 1.10 bits per heavy atom. The van der Waals surface area contributed by atoms with Crippen LogP contribution in [0.4, 0.5) is 13.2 Å². The number of carbonyl (C=O) groups is 1. The Morgan fingerprint density at radius 2 is 1.77 bits per heavy atom. The van der Waals surface area contributed by atoms with E-state index >= 15 is 0 Å². The number of benzene rings is 2. The van der Waals surface area contributed by atoms with Gasteiger partial charge in [0, 0.05) is 30.3 Å². The van der Waals surface area contributed by atoms with Crippen molar-refractivity contribution in [1.82, 2.24) is 14.9 Å². The van der Waals surface area contributed by atoms with E-state index in [9.17, 15) is 22.8 Å². The van der Waals surface area contributed by atoms with Crippen LogP contribution in [0.5, 0.6) is 5.75 Å². The Labute approximate surface area is 170 Å². The average Bonchev–Trinajstić information content (AvgIpc) is 2.74. The molecule has 1 N–H and O–H groups in total. The van der Waals surface area contributed by atoms with E-state index < -0.39 is 17.6 Å². The molecular weight excluding hydrogens is 399 g/mol. The first-order chi connectivity index (χ1) is 14.3. The molecule has 0 unspecified atom stereocenters. The van der Waals surface area contributed by atoms with Crippen molar-refractivity contribution >= 4 is 5.91 Å².